The zero-order chi connectivity index (χ0) is 12.7. The van der Waals surface area contributed by atoms with Crippen molar-refractivity contribution in [3.8, 4) is 6.07 Å². The van der Waals surface area contributed by atoms with Crippen LogP contribution in [0.25, 0.3) is 0 Å². The lowest BCUT2D eigenvalue weighted by Crippen LogP contribution is -2.23. The number of nitrogens with zero attached hydrogens (tertiary/aromatic N) is 2. The van der Waals surface area contributed by atoms with Crippen LogP contribution in [0, 0.1) is 16.7 Å². The average molecular weight is 250 g/mol. The highest BCUT2D eigenvalue weighted by Gasteiger charge is 2.15. The summed E-state index contributed by atoms with van der Waals surface area (Å²) >= 11 is 1.83. The zero-order valence-electron chi connectivity index (χ0n) is 11.1. The van der Waals surface area contributed by atoms with E-state index in [9.17, 15) is 0 Å². The summed E-state index contributed by atoms with van der Waals surface area (Å²) in [5.74, 6) is 0. The number of thiophene rings is 1. The number of nitriles is 1. The predicted octanol–water partition coefficient (Wildman–Crippen LogP) is 3.55. The first-order chi connectivity index (χ1) is 8.03. The third kappa shape index (κ3) is 5.86. The van der Waals surface area contributed by atoms with Gasteiger partial charge in [0.05, 0.1) is 11.5 Å². The van der Waals surface area contributed by atoms with Crippen LogP contribution in [0.1, 0.15) is 31.6 Å². The molecule has 0 saturated heterocycles. The molecule has 0 aliphatic carbocycles. The Bertz CT molecular complexity index is 349. The molecule has 0 aromatic carbocycles. The van der Waals surface area contributed by atoms with E-state index < -0.39 is 0 Å². The van der Waals surface area contributed by atoms with Crippen LogP contribution in [0.2, 0.25) is 0 Å². The number of hydrogen-bond donors (Lipinski definition) is 0. The smallest absolute Gasteiger partial charge is 0.0683 e. The molecule has 0 atom stereocenters. The van der Waals surface area contributed by atoms with Gasteiger partial charge in [-0.05, 0) is 58.1 Å². The molecule has 1 aromatic heterocycles. The van der Waals surface area contributed by atoms with Crippen molar-refractivity contribution in [2.45, 2.75) is 33.1 Å². The van der Waals surface area contributed by atoms with Crippen molar-refractivity contribution in [1.29, 1.82) is 5.26 Å². The van der Waals surface area contributed by atoms with Crippen LogP contribution in [-0.2, 0) is 6.42 Å². The minimum absolute atomic E-state index is 0.172. The fourth-order valence-corrected chi connectivity index (χ4v) is 2.41. The predicted molar refractivity (Wildman–Crippen MR) is 74.1 cm³/mol. The van der Waals surface area contributed by atoms with Gasteiger partial charge in [0.15, 0.2) is 0 Å². The Kier molecular flexibility index (Phi) is 5.67. The molecular weight excluding hydrogens is 228 g/mol. The van der Waals surface area contributed by atoms with Gasteiger partial charge in [-0.1, -0.05) is 6.07 Å². The Labute approximate surface area is 109 Å². The van der Waals surface area contributed by atoms with Crippen LogP contribution in [0.15, 0.2) is 17.5 Å². The van der Waals surface area contributed by atoms with E-state index >= 15 is 0 Å². The van der Waals surface area contributed by atoms with E-state index in [1.54, 1.807) is 0 Å². The second-order valence-corrected chi connectivity index (χ2v) is 6.26. The van der Waals surface area contributed by atoms with Gasteiger partial charge in [-0.3, -0.25) is 0 Å². The molecule has 0 radical (unpaired) electrons. The van der Waals surface area contributed by atoms with Gasteiger partial charge in [0.1, 0.15) is 0 Å². The van der Waals surface area contributed by atoms with Crippen molar-refractivity contribution in [2.75, 3.05) is 20.1 Å². The third-order valence-electron chi connectivity index (χ3n) is 2.96. The highest BCUT2D eigenvalue weighted by atomic mass is 32.1. The minimum atomic E-state index is -0.172. The fourth-order valence-electron chi connectivity index (χ4n) is 1.71. The Morgan fingerprint density at radius 3 is 2.76 bits per heavy atom. The average Bonchev–Trinajstić information content (AvgIpc) is 2.79. The SMILES string of the molecule is CN(CCCC(C)(C)C#N)CCc1cccs1. The van der Waals surface area contributed by atoms with Crippen molar-refractivity contribution >= 4 is 11.3 Å². The van der Waals surface area contributed by atoms with Gasteiger partial charge < -0.3 is 4.90 Å². The van der Waals surface area contributed by atoms with Gasteiger partial charge >= 0.3 is 0 Å². The first-order valence-corrected chi connectivity index (χ1v) is 7.04. The summed E-state index contributed by atoms with van der Waals surface area (Å²) in [6, 6.07) is 6.65. The number of hydrogen-bond acceptors (Lipinski definition) is 3. The lowest BCUT2D eigenvalue weighted by molar-refractivity contribution is 0.307. The Hall–Kier alpha value is -0.850. The van der Waals surface area contributed by atoms with Gasteiger partial charge in [-0.2, -0.15) is 5.26 Å². The van der Waals surface area contributed by atoms with Crippen molar-refractivity contribution in [3.05, 3.63) is 22.4 Å². The summed E-state index contributed by atoms with van der Waals surface area (Å²) in [6.07, 6.45) is 3.21. The topological polar surface area (TPSA) is 27.0 Å². The Morgan fingerprint density at radius 1 is 1.41 bits per heavy atom. The standard InChI is InChI=1S/C14H22N2S/c1-14(2,12-15)8-5-9-16(3)10-7-13-6-4-11-17-13/h4,6,11H,5,7-10H2,1-3H3. The maximum absolute atomic E-state index is 8.93. The molecule has 0 N–H and O–H groups in total. The molecule has 94 valence electrons. The van der Waals surface area contributed by atoms with Crippen LogP contribution >= 0.6 is 11.3 Å². The molecule has 0 unspecified atom stereocenters. The number of likely N-dealkylation sites (N-methyl/N-ethyl adjacent to an activating group) is 1. The van der Waals surface area contributed by atoms with Gasteiger partial charge in [-0.25, -0.2) is 0 Å². The zero-order valence-corrected chi connectivity index (χ0v) is 11.9. The minimum Gasteiger partial charge on any atom is -0.306 e. The van der Waals surface area contributed by atoms with E-state index in [2.05, 4.69) is 35.5 Å². The van der Waals surface area contributed by atoms with Gasteiger partial charge in [0.2, 0.25) is 0 Å². The van der Waals surface area contributed by atoms with E-state index in [4.69, 9.17) is 5.26 Å². The molecule has 1 heterocycles. The lowest BCUT2D eigenvalue weighted by Gasteiger charge is -2.19. The van der Waals surface area contributed by atoms with Crippen molar-refractivity contribution < 1.29 is 0 Å². The normalized spacial score (nSPS) is 11.7. The van der Waals surface area contributed by atoms with Crippen molar-refractivity contribution in [2.24, 2.45) is 5.41 Å². The van der Waals surface area contributed by atoms with E-state index in [1.165, 1.54) is 4.88 Å². The summed E-state index contributed by atoms with van der Waals surface area (Å²) in [4.78, 5) is 3.81. The largest absolute Gasteiger partial charge is 0.306 e. The van der Waals surface area contributed by atoms with Crippen LogP contribution in [0.5, 0.6) is 0 Å². The summed E-state index contributed by atoms with van der Waals surface area (Å²) in [6.45, 7) is 6.21. The molecule has 1 aromatic rings. The van der Waals surface area contributed by atoms with E-state index in [1.807, 2.05) is 25.2 Å². The van der Waals surface area contributed by atoms with E-state index in [0.29, 0.717) is 0 Å². The maximum Gasteiger partial charge on any atom is 0.0683 e. The summed E-state index contributed by atoms with van der Waals surface area (Å²) < 4.78 is 0. The van der Waals surface area contributed by atoms with Crippen molar-refractivity contribution in [3.63, 3.8) is 0 Å². The first kappa shape index (κ1) is 14.2. The monoisotopic (exact) mass is 250 g/mol. The highest BCUT2D eigenvalue weighted by molar-refractivity contribution is 7.09. The third-order valence-corrected chi connectivity index (χ3v) is 3.90. The quantitative estimate of drug-likeness (QED) is 0.740. The van der Waals surface area contributed by atoms with Crippen LogP contribution in [0.4, 0.5) is 0 Å². The summed E-state index contributed by atoms with van der Waals surface area (Å²) in [7, 11) is 2.16. The van der Waals surface area contributed by atoms with Crippen LogP contribution in [0.3, 0.4) is 0 Å². The summed E-state index contributed by atoms with van der Waals surface area (Å²) in [5.41, 5.74) is -0.172. The molecule has 0 aliphatic heterocycles. The molecule has 0 amide bonds. The number of rotatable bonds is 7. The van der Waals surface area contributed by atoms with Crippen LogP contribution in [-0.4, -0.2) is 25.0 Å². The van der Waals surface area contributed by atoms with Gasteiger partial charge in [-0.15, -0.1) is 11.3 Å². The molecule has 0 saturated carbocycles. The van der Waals surface area contributed by atoms with E-state index in [-0.39, 0.29) is 5.41 Å². The second kappa shape index (κ2) is 6.78. The molecule has 17 heavy (non-hydrogen) atoms. The maximum atomic E-state index is 8.93. The first-order valence-electron chi connectivity index (χ1n) is 6.16. The van der Waals surface area contributed by atoms with Crippen molar-refractivity contribution in [1.82, 2.24) is 4.90 Å². The molecular formula is C14H22N2S. The van der Waals surface area contributed by atoms with E-state index in [0.717, 1.165) is 32.4 Å². The van der Waals surface area contributed by atoms with Gasteiger partial charge in [0.25, 0.3) is 0 Å². The van der Waals surface area contributed by atoms with Crippen LogP contribution < -0.4 is 0 Å². The Balaban J connectivity index is 2.14. The molecule has 2 nitrogen and oxygen atoms in total. The molecule has 1 rings (SSSR count). The molecule has 0 aliphatic rings. The molecule has 0 spiro atoms. The second-order valence-electron chi connectivity index (χ2n) is 5.23. The molecule has 3 heteroatoms. The molecule has 0 bridgehead atoms. The molecule has 0 fully saturated rings. The lowest BCUT2D eigenvalue weighted by atomic mass is 9.90. The Morgan fingerprint density at radius 2 is 2.18 bits per heavy atom. The summed E-state index contributed by atoms with van der Waals surface area (Å²) in [5, 5.41) is 11.1. The van der Waals surface area contributed by atoms with Gasteiger partial charge in [0, 0.05) is 11.4 Å². The fraction of sp³-hybridized carbons (Fsp3) is 0.643. The highest BCUT2D eigenvalue weighted by Crippen LogP contribution is 2.20.